The van der Waals surface area contributed by atoms with E-state index in [1.54, 1.807) is 0 Å². The predicted octanol–water partition coefficient (Wildman–Crippen LogP) is 2.22. The van der Waals surface area contributed by atoms with E-state index >= 15 is 0 Å². The highest BCUT2D eigenvalue weighted by Gasteiger charge is 2.25. The maximum absolute atomic E-state index is 12.5. The first kappa shape index (κ1) is 23.4. The molecule has 3 N–H and O–H groups in total. The van der Waals surface area contributed by atoms with Crippen LogP contribution in [0.2, 0.25) is 0 Å². The fraction of sp³-hybridized carbons (Fsp3) is 0.905. The van der Waals surface area contributed by atoms with Crippen LogP contribution in [0.1, 0.15) is 70.6 Å². The molecule has 1 aliphatic carbocycles. The second-order valence-electron chi connectivity index (χ2n) is 8.75. The Labute approximate surface area is 176 Å². The zero-order chi connectivity index (χ0) is 18.9. The average Bonchev–Trinajstić information content (AvgIpc) is 3.17. The highest BCUT2D eigenvalue weighted by atomic mass is 35.5. The minimum atomic E-state index is -0.000698. The second-order valence-corrected chi connectivity index (χ2v) is 8.75. The molecule has 3 aliphatic rings. The Morgan fingerprint density at radius 3 is 2.39 bits per heavy atom. The van der Waals surface area contributed by atoms with E-state index in [0.717, 1.165) is 64.7 Å². The molecule has 0 aromatic carbocycles. The molecule has 0 radical (unpaired) electrons. The topological polar surface area (TPSA) is 73.5 Å². The number of hydrogen-bond acceptors (Lipinski definition) is 4. The summed E-state index contributed by atoms with van der Waals surface area (Å²) in [6.07, 6.45) is 13.0. The number of carbonyl (C=O) groups excluding carboxylic acids is 2. The van der Waals surface area contributed by atoms with Crippen molar-refractivity contribution in [2.75, 3.05) is 32.7 Å². The van der Waals surface area contributed by atoms with Crippen molar-refractivity contribution in [3.05, 3.63) is 0 Å². The number of halogens is 1. The Morgan fingerprint density at radius 2 is 1.68 bits per heavy atom. The number of rotatable bonds is 6. The third-order valence-electron chi connectivity index (χ3n) is 6.38. The summed E-state index contributed by atoms with van der Waals surface area (Å²) >= 11 is 0. The van der Waals surface area contributed by atoms with Crippen LogP contribution < -0.4 is 16.0 Å². The van der Waals surface area contributed by atoms with Gasteiger partial charge in [-0.05, 0) is 57.5 Å². The zero-order valence-corrected chi connectivity index (χ0v) is 18.0. The van der Waals surface area contributed by atoms with E-state index < -0.39 is 0 Å². The lowest BCUT2D eigenvalue weighted by Gasteiger charge is -2.33. The summed E-state index contributed by atoms with van der Waals surface area (Å²) < 4.78 is 0. The van der Waals surface area contributed by atoms with Gasteiger partial charge >= 0.3 is 0 Å². The number of amides is 2. The minimum absolute atomic E-state index is 0. The number of nitrogens with one attached hydrogen (secondary N) is 3. The van der Waals surface area contributed by atoms with Gasteiger partial charge in [0.15, 0.2) is 0 Å². The Morgan fingerprint density at radius 1 is 0.929 bits per heavy atom. The van der Waals surface area contributed by atoms with Gasteiger partial charge in [-0.3, -0.25) is 14.5 Å². The highest BCUT2D eigenvalue weighted by molar-refractivity contribution is 5.85. The molecule has 0 aromatic rings. The summed E-state index contributed by atoms with van der Waals surface area (Å²) in [6, 6.07) is 0.371. The van der Waals surface area contributed by atoms with Crippen molar-refractivity contribution in [2.45, 2.75) is 82.7 Å². The van der Waals surface area contributed by atoms with Gasteiger partial charge < -0.3 is 16.0 Å². The van der Waals surface area contributed by atoms with Crippen molar-refractivity contribution in [3.8, 4) is 0 Å². The molecule has 2 aliphatic heterocycles. The molecule has 2 amide bonds. The smallest absolute Gasteiger partial charge is 0.237 e. The first-order valence-corrected chi connectivity index (χ1v) is 11.2. The Kier molecular flexibility index (Phi) is 10.6. The fourth-order valence-corrected chi connectivity index (χ4v) is 4.81. The van der Waals surface area contributed by atoms with E-state index in [9.17, 15) is 9.59 Å². The van der Waals surface area contributed by atoms with Gasteiger partial charge in [-0.2, -0.15) is 0 Å². The number of carbonyl (C=O) groups is 2. The summed E-state index contributed by atoms with van der Waals surface area (Å²) in [4.78, 5) is 26.9. The lowest BCUT2D eigenvalue weighted by atomic mass is 9.96. The standard InChI is InChI=1S/C21H38N4O2.ClH/c26-20(24-18-9-4-2-1-3-5-10-18)16-25-13-7-8-17(15-25)14-23-21(27)19-11-6-12-22-19;/h17-19,22H,1-16H2,(H,23,27)(H,24,26);1H. The van der Waals surface area contributed by atoms with Gasteiger partial charge in [-0.15, -0.1) is 12.4 Å². The first-order valence-electron chi connectivity index (χ1n) is 11.2. The molecule has 0 spiro atoms. The van der Waals surface area contributed by atoms with Gasteiger partial charge in [0.05, 0.1) is 12.6 Å². The van der Waals surface area contributed by atoms with Crippen molar-refractivity contribution in [1.29, 1.82) is 0 Å². The lowest BCUT2D eigenvalue weighted by molar-refractivity contribution is -0.124. The summed E-state index contributed by atoms with van der Waals surface area (Å²) in [5.41, 5.74) is 0. The molecule has 1 saturated carbocycles. The molecule has 2 atom stereocenters. The Hall–Kier alpha value is -0.850. The molecule has 0 aromatic heterocycles. The molecular weight excluding hydrogens is 376 g/mol. The van der Waals surface area contributed by atoms with Crippen LogP contribution in [0.4, 0.5) is 0 Å². The third-order valence-corrected chi connectivity index (χ3v) is 6.38. The van der Waals surface area contributed by atoms with Crippen LogP contribution in [-0.4, -0.2) is 61.5 Å². The normalized spacial score (nSPS) is 27.3. The zero-order valence-electron chi connectivity index (χ0n) is 17.2. The molecule has 0 bridgehead atoms. The van der Waals surface area contributed by atoms with Crippen LogP contribution in [0.5, 0.6) is 0 Å². The quantitative estimate of drug-likeness (QED) is 0.623. The number of likely N-dealkylation sites (tertiary alicyclic amines) is 1. The molecule has 162 valence electrons. The van der Waals surface area contributed by atoms with E-state index in [1.807, 2.05) is 0 Å². The monoisotopic (exact) mass is 414 g/mol. The van der Waals surface area contributed by atoms with Gasteiger partial charge in [0.2, 0.25) is 11.8 Å². The summed E-state index contributed by atoms with van der Waals surface area (Å²) in [5, 5.41) is 9.65. The molecular formula is C21H39ClN4O2. The third kappa shape index (κ3) is 7.88. The molecule has 3 fully saturated rings. The van der Waals surface area contributed by atoms with E-state index in [1.165, 1.54) is 32.1 Å². The van der Waals surface area contributed by atoms with E-state index in [0.29, 0.717) is 18.5 Å². The van der Waals surface area contributed by atoms with Crippen LogP contribution in [0.25, 0.3) is 0 Å². The molecule has 2 saturated heterocycles. The van der Waals surface area contributed by atoms with Crippen molar-refractivity contribution >= 4 is 24.2 Å². The molecule has 6 nitrogen and oxygen atoms in total. The molecule has 3 rings (SSSR count). The largest absolute Gasteiger partial charge is 0.354 e. The minimum Gasteiger partial charge on any atom is -0.354 e. The van der Waals surface area contributed by atoms with Crippen molar-refractivity contribution in [2.24, 2.45) is 5.92 Å². The average molecular weight is 415 g/mol. The van der Waals surface area contributed by atoms with Crippen LogP contribution in [-0.2, 0) is 9.59 Å². The molecule has 2 unspecified atom stereocenters. The van der Waals surface area contributed by atoms with Gasteiger partial charge in [0.1, 0.15) is 0 Å². The van der Waals surface area contributed by atoms with Crippen molar-refractivity contribution in [1.82, 2.24) is 20.9 Å². The van der Waals surface area contributed by atoms with Gasteiger partial charge in [0.25, 0.3) is 0 Å². The maximum atomic E-state index is 12.5. The van der Waals surface area contributed by atoms with Crippen molar-refractivity contribution < 1.29 is 9.59 Å². The van der Waals surface area contributed by atoms with Gasteiger partial charge in [0, 0.05) is 19.1 Å². The number of nitrogens with zero attached hydrogens (tertiary/aromatic N) is 1. The van der Waals surface area contributed by atoms with Crippen LogP contribution in [0, 0.1) is 5.92 Å². The Balaban J connectivity index is 0.00000280. The highest BCUT2D eigenvalue weighted by Crippen LogP contribution is 2.18. The molecule has 7 heteroatoms. The summed E-state index contributed by atoms with van der Waals surface area (Å²) in [7, 11) is 0. The first-order chi connectivity index (χ1) is 13.2. The Bertz CT molecular complexity index is 477. The van der Waals surface area contributed by atoms with E-state index in [2.05, 4.69) is 20.9 Å². The van der Waals surface area contributed by atoms with E-state index in [4.69, 9.17) is 0 Å². The van der Waals surface area contributed by atoms with E-state index in [-0.39, 0.29) is 30.3 Å². The molecule has 2 heterocycles. The lowest BCUT2D eigenvalue weighted by Crippen LogP contribution is -2.48. The van der Waals surface area contributed by atoms with Gasteiger partial charge in [-0.1, -0.05) is 32.1 Å². The SMILES string of the molecule is Cl.O=C(CN1CCCC(CNC(=O)C2CCCN2)C1)NC1CCCCCCC1. The van der Waals surface area contributed by atoms with Crippen molar-refractivity contribution in [3.63, 3.8) is 0 Å². The van der Waals surface area contributed by atoms with Crippen LogP contribution in [0.3, 0.4) is 0 Å². The predicted molar refractivity (Wildman–Crippen MR) is 115 cm³/mol. The summed E-state index contributed by atoms with van der Waals surface area (Å²) in [6.45, 7) is 4.09. The van der Waals surface area contributed by atoms with Crippen LogP contribution in [0.15, 0.2) is 0 Å². The molecule has 28 heavy (non-hydrogen) atoms. The van der Waals surface area contributed by atoms with Crippen LogP contribution >= 0.6 is 12.4 Å². The number of piperidine rings is 1. The fourth-order valence-electron chi connectivity index (χ4n) is 4.81. The maximum Gasteiger partial charge on any atom is 0.237 e. The van der Waals surface area contributed by atoms with Gasteiger partial charge in [-0.25, -0.2) is 0 Å². The second kappa shape index (κ2) is 12.7. The summed E-state index contributed by atoms with van der Waals surface area (Å²) in [5.74, 6) is 0.783. The number of hydrogen-bond donors (Lipinski definition) is 3.